The van der Waals surface area contributed by atoms with Crippen LogP contribution in [0, 0.1) is 5.82 Å². The molecule has 6 nitrogen and oxygen atoms in total. The molecule has 144 valence electrons. The van der Waals surface area contributed by atoms with Crippen molar-refractivity contribution in [3.63, 3.8) is 0 Å². The zero-order chi connectivity index (χ0) is 19.4. The number of nitrogens with one attached hydrogen (secondary N) is 3. The monoisotopic (exact) mass is 410 g/mol. The van der Waals surface area contributed by atoms with Crippen molar-refractivity contribution >= 4 is 39.9 Å². The molecule has 1 aliphatic heterocycles. The molecule has 0 aliphatic carbocycles. The van der Waals surface area contributed by atoms with Gasteiger partial charge in [0, 0.05) is 17.5 Å². The number of carbonyl (C=O) groups excluding carboxylic acids is 2. The summed E-state index contributed by atoms with van der Waals surface area (Å²) >= 11 is 7.04. The molecule has 0 radical (unpaired) electrons. The Morgan fingerprint density at radius 3 is 2.85 bits per heavy atom. The Morgan fingerprint density at radius 1 is 1.30 bits per heavy atom. The SMILES string of the molecule is NC(=O)Nc1sc(-c2ccc(F)c(Cl)c2)cc1C(=O)N[C@H]1CCCCNC1. The first-order valence-electron chi connectivity index (χ1n) is 8.61. The zero-order valence-electron chi connectivity index (χ0n) is 14.5. The number of urea groups is 1. The quantitative estimate of drug-likeness (QED) is 0.620. The molecule has 1 aliphatic rings. The fourth-order valence-corrected chi connectivity index (χ4v) is 4.20. The van der Waals surface area contributed by atoms with Gasteiger partial charge in [-0.25, -0.2) is 9.18 Å². The van der Waals surface area contributed by atoms with E-state index >= 15 is 0 Å². The van der Waals surface area contributed by atoms with Gasteiger partial charge in [0.15, 0.2) is 0 Å². The van der Waals surface area contributed by atoms with E-state index in [4.69, 9.17) is 17.3 Å². The number of thiophene rings is 1. The standard InChI is InChI=1S/C18H20ClFN4O2S/c19-13-7-10(4-5-14(13)20)15-8-12(17(27-15)24-18(21)26)16(25)23-11-3-1-2-6-22-9-11/h4-5,7-8,11,22H,1-3,6,9H2,(H,23,25)(H3,21,24,26)/t11-/m0/s1. The summed E-state index contributed by atoms with van der Waals surface area (Å²) in [5, 5.41) is 9.12. The van der Waals surface area contributed by atoms with Crippen LogP contribution in [0.15, 0.2) is 24.3 Å². The number of hydrogen-bond donors (Lipinski definition) is 4. The van der Waals surface area contributed by atoms with Crippen LogP contribution in [-0.2, 0) is 0 Å². The number of primary amides is 1. The van der Waals surface area contributed by atoms with E-state index in [-0.39, 0.29) is 17.0 Å². The van der Waals surface area contributed by atoms with Gasteiger partial charge < -0.3 is 16.4 Å². The Bertz CT molecular complexity index is 850. The van der Waals surface area contributed by atoms with Crippen molar-refractivity contribution in [1.29, 1.82) is 0 Å². The predicted octanol–water partition coefficient (Wildman–Crippen LogP) is 3.57. The lowest BCUT2D eigenvalue weighted by Crippen LogP contribution is -2.41. The first-order chi connectivity index (χ1) is 12.9. The largest absolute Gasteiger partial charge is 0.351 e. The minimum absolute atomic E-state index is 0.0131. The van der Waals surface area contributed by atoms with Crippen LogP contribution < -0.4 is 21.7 Å². The molecule has 9 heteroatoms. The first kappa shape index (κ1) is 19.6. The van der Waals surface area contributed by atoms with E-state index in [2.05, 4.69) is 16.0 Å². The van der Waals surface area contributed by atoms with Crippen molar-refractivity contribution in [2.24, 2.45) is 5.73 Å². The summed E-state index contributed by atoms with van der Waals surface area (Å²) in [6, 6.07) is 5.22. The zero-order valence-corrected chi connectivity index (χ0v) is 16.1. The summed E-state index contributed by atoms with van der Waals surface area (Å²) < 4.78 is 13.4. The van der Waals surface area contributed by atoms with Crippen molar-refractivity contribution in [2.75, 3.05) is 18.4 Å². The second-order valence-corrected chi connectivity index (χ2v) is 7.80. The van der Waals surface area contributed by atoms with Crippen molar-refractivity contribution in [2.45, 2.75) is 25.3 Å². The van der Waals surface area contributed by atoms with Gasteiger partial charge in [-0.2, -0.15) is 0 Å². The summed E-state index contributed by atoms with van der Waals surface area (Å²) in [6.07, 6.45) is 3.00. The Kier molecular flexibility index (Phi) is 6.30. The van der Waals surface area contributed by atoms with Gasteiger partial charge >= 0.3 is 6.03 Å². The maximum atomic E-state index is 13.4. The molecule has 0 spiro atoms. The molecule has 0 bridgehead atoms. The van der Waals surface area contributed by atoms with Gasteiger partial charge in [0.05, 0.1) is 10.6 Å². The number of benzene rings is 1. The van der Waals surface area contributed by atoms with Crippen LogP contribution in [0.4, 0.5) is 14.2 Å². The number of carbonyl (C=O) groups is 2. The molecule has 0 saturated carbocycles. The minimum Gasteiger partial charge on any atom is -0.351 e. The fraction of sp³-hybridized carbons (Fsp3) is 0.333. The molecule has 2 aromatic rings. The highest BCUT2D eigenvalue weighted by atomic mass is 35.5. The summed E-state index contributed by atoms with van der Waals surface area (Å²) in [7, 11) is 0. The smallest absolute Gasteiger partial charge is 0.317 e. The number of anilines is 1. The molecule has 1 atom stereocenters. The van der Waals surface area contributed by atoms with Gasteiger partial charge in [-0.15, -0.1) is 11.3 Å². The molecule has 5 N–H and O–H groups in total. The van der Waals surface area contributed by atoms with E-state index in [1.807, 2.05) is 0 Å². The molecule has 1 aromatic heterocycles. The van der Waals surface area contributed by atoms with Crippen molar-refractivity contribution in [3.8, 4) is 10.4 Å². The molecule has 2 heterocycles. The lowest BCUT2D eigenvalue weighted by Gasteiger charge is -2.16. The van der Waals surface area contributed by atoms with E-state index < -0.39 is 11.8 Å². The van der Waals surface area contributed by atoms with Gasteiger partial charge in [0.25, 0.3) is 5.91 Å². The molecule has 1 saturated heterocycles. The van der Waals surface area contributed by atoms with E-state index in [1.165, 1.54) is 23.5 Å². The highest BCUT2D eigenvalue weighted by molar-refractivity contribution is 7.20. The van der Waals surface area contributed by atoms with Gasteiger partial charge in [0.2, 0.25) is 0 Å². The van der Waals surface area contributed by atoms with E-state index in [0.717, 1.165) is 25.8 Å². The molecular formula is C18H20ClFN4O2S. The number of amides is 3. The lowest BCUT2D eigenvalue weighted by atomic mass is 10.1. The van der Waals surface area contributed by atoms with Crippen molar-refractivity contribution in [1.82, 2.24) is 10.6 Å². The fourth-order valence-electron chi connectivity index (χ4n) is 2.96. The molecule has 1 fully saturated rings. The second kappa shape index (κ2) is 8.69. The van der Waals surface area contributed by atoms with Gasteiger partial charge in [0.1, 0.15) is 10.8 Å². The third-order valence-electron chi connectivity index (χ3n) is 4.30. The van der Waals surface area contributed by atoms with E-state index in [0.29, 0.717) is 27.5 Å². The van der Waals surface area contributed by atoms with Crippen molar-refractivity contribution < 1.29 is 14.0 Å². The average molecular weight is 411 g/mol. The van der Waals surface area contributed by atoms with Gasteiger partial charge in [-0.1, -0.05) is 24.1 Å². The van der Waals surface area contributed by atoms with Crippen LogP contribution >= 0.6 is 22.9 Å². The molecule has 0 unspecified atom stereocenters. The van der Waals surface area contributed by atoms with Crippen LogP contribution in [0.25, 0.3) is 10.4 Å². The Hall–Kier alpha value is -2.16. The van der Waals surface area contributed by atoms with Crippen LogP contribution in [0.1, 0.15) is 29.6 Å². The summed E-state index contributed by atoms with van der Waals surface area (Å²) in [5.74, 6) is -0.811. The van der Waals surface area contributed by atoms with Gasteiger partial charge in [-0.3, -0.25) is 10.1 Å². The van der Waals surface area contributed by atoms with Crippen LogP contribution in [0.3, 0.4) is 0 Å². The molecule has 3 rings (SSSR count). The van der Waals surface area contributed by atoms with Crippen LogP contribution in [0.5, 0.6) is 0 Å². The Labute approximate surface area is 165 Å². The molecule has 1 aromatic carbocycles. The van der Waals surface area contributed by atoms with E-state index in [1.54, 1.807) is 12.1 Å². The summed E-state index contributed by atoms with van der Waals surface area (Å²) in [6.45, 7) is 1.64. The average Bonchev–Trinajstić information content (AvgIpc) is 2.85. The third-order valence-corrected chi connectivity index (χ3v) is 5.69. The van der Waals surface area contributed by atoms with Crippen LogP contribution in [-0.4, -0.2) is 31.1 Å². The van der Waals surface area contributed by atoms with Crippen LogP contribution in [0.2, 0.25) is 5.02 Å². The first-order valence-corrected chi connectivity index (χ1v) is 9.81. The topological polar surface area (TPSA) is 96.2 Å². The Balaban J connectivity index is 1.87. The number of halogens is 2. The second-order valence-electron chi connectivity index (χ2n) is 6.34. The lowest BCUT2D eigenvalue weighted by molar-refractivity contribution is 0.0937. The molecule has 3 amide bonds. The highest BCUT2D eigenvalue weighted by Gasteiger charge is 2.21. The third kappa shape index (κ3) is 4.97. The summed E-state index contributed by atoms with van der Waals surface area (Å²) in [4.78, 5) is 24.8. The highest BCUT2D eigenvalue weighted by Crippen LogP contribution is 2.36. The minimum atomic E-state index is -0.759. The number of rotatable bonds is 4. The maximum Gasteiger partial charge on any atom is 0.317 e. The molecule has 27 heavy (non-hydrogen) atoms. The normalized spacial score (nSPS) is 17.2. The number of hydrogen-bond acceptors (Lipinski definition) is 4. The molecular weight excluding hydrogens is 391 g/mol. The Morgan fingerprint density at radius 2 is 2.11 bits per heavy atom. The summed E-state index contributed by atoms with van der Waals surface area (Å²) in [5.41, 5.74) is 6.20. The van der Waals surface area contributed by atoms with Gasteiger partial charge in [-0.05, 0) is 43.1 Å². The van der Waals surface area contributed by atoms with Crippen molar-refractivity contribution in [3.05, 3.63) is 40.7 Å². The van der Waals surface area contributed by atoms with E-state index in [9.17, 15) is 14.0 Å². The predicted molar refractivity (Wildman–Crippen MR) is 106 cm³/mol. The number of nitrogens with two attached hydrogens (primary N) is 1. The maximum absolute atomic E-state index is 13.4.